The van der Waals surface area contributed by atoms with E-state index in [2.05, 4.69) is 23.5 Å². The largest absolute Gasteiger partial charge is 0.384 e. The van der Waals surface area contributed by atoms with Crippen LogP contribution < -0.4 is 11.1 Å². The highest BCUT2D eigenvalue weighted by Gasteiger charge is 2.40. The molecule has 2 heteroatoms. The third kappa shape index (κ3) is 1.82. The van der Waals surface area contributed by atoms with Gasteiger partial charge in [0.05, 0.1) is 0 Å². The molecule has 0 radical (unpaired) electrons. The number of hydrogen-bond donors (Lipinski definition) is 2. The molecule has 0 heterocycles. The Balaban J connectivity index is 1.66. The molecule has 1 aromatic carbocycles. The summed E-state index contributed by atoms with van der Waals surface area (Å²) < 4.78 is 0. The van der Waals surface area contributed by atoms with Crippen molar-refractivity contribution in [2.45, 2.75) is 32.1 Å². The molecule has 0 saturated heterocycles. The molecule has 1 aromatic rings. The summed E-state index contributed by atoms with van der Waals surface area (Å²) in [6.07, 6.45) is 6.43. The van der Waals surface area contributed by atoms with Crippen LogP contribution in [0.3, 0.4) is 0 Å². The highest BCUT2D eigenvalue weighted by molar-refractivity contribution is 5.50. The Bertz CT molecular complexity index is 394. The van der Waals surface area contributed by atoms with Crippen molar-refractivity contribution in [1.82, 2.24) is 0 Å². The van der Waals surface area contributed by atoms with E-state index in [-0.39, 0.29) is 0 Å². The molecule has 3 rings (SSSR count). The van der Waals surface area contributed by atoms with Crippen LogP contribution in [0.2, 0.25) is 0 Å². The Hall–Kier alpha value is -1.02. The number of aryl methyl sites for hydroxylation is 2. The lowest BCUT2D eigenvalue weighted by Crippen LogP contribution is -2.24. The van der Waals surface area contributed by atoms with Gasteiger partial charge in [-0.2, -0.15) is 0 Å². The summed E-state index contributed by atoms with van der Waals surface area (Å²) in [7, 11) is 0. The van der Waals surface area contributed by atoms with E-state index in [4.69, 9.17) is 5.73 Å². The lowest BCUT2D eigenvalue weighted by molar-refractivity contribution is 0.556. The number of nitrogens with two attached hydrogens (primary N) is 1. The van der Waals surface area contributed by atoms with Crippen molar-refractivity contribution in [1.29, 1.82) is 0 Å². The molecule has 0 unspecified atom stereocenters. The number of anilines is 1. The van der Waals surface area contributed by atoms with Gasteiger partial charge in [-0.3, -0.25) is 0 Å². The summed E-state index contributed by atoms with van der Waals surface area (Å²) in [5, 5.41) is 3.55. The van der Waals surface area contributed by atoms with Crippen LogP contribution in [0.5, 0.6) is 0 Å². The fraction of sp³-hybridized carbons (Fsp3) is 0.571. The summed E-state index contributed by atoms with van der Waals surface area (Å²) in [6.45, 7) is 1.87. The molecule has 0 bridgehead atoms. The van der Waals surface area contributed by atoms with Crippen LogP contribution in [0.4, 0.5) is 5.69 Å². The summed E-state index contributed by atoms with van der Waals surface area (Å²) >= 11 is 0. The molecule has 1 fully saturated rings. The minimum Gasteiger partial charge on any atom is -0.384 e. The smallest absolute Gasteiger partial charge is 0.0343 e. The molecular weight excluding hydrogens is 196 g/mol. The van der Waals surface area contributed by atoms with Crippen LogP contribution in [0, 0.1) is 5.41 Å². The molecule has 16 heavy (non-hydrogen) atoms. The monoisotopic (exact) mass is 216 g/mol. The second-order valence-electron chi connectivity index (χ2n) is 5.39. The normalized spacial score (nSPS) is 20.6. The summed E-state index contributed by atoms with van der Waals surface area (Å²) in [5.74, 6) is 0. The summed E-state index contributed by atoms with van der Waals surface area (Å²) in [6, 6.07) is 6.83. The van der Waals surface area contributed by atoms with Crippen molar-refractivity contribution < 1.29 is 0 Å². The Kier molecular flexibility index (Phi) is 2.40. The van der Waals surface area contributed by atoms with E-state index in [1.165, 1.54) is 37.8 Å². The fourth-order valence-electron chi connectivity index (χ4n) is 2.60. The minimum absolute atomic E-state index is 0.416. The van der Waals surface area contributed by atoms with Crippen molar-refractivity contribution in [2.24, 2.45) is 11.1 Å². The van der Waals surface area contributed by atoms with Gasteiger partial charge in [-0.15, -0.1) is 0 Å². The third-order valence-electron chi connectivity index (χ3n) is 4.16. The van der Waals surface area contributed by atoms with Gasteiger partial charge in [0.2, 0.25) is 0 Å². The van der Waals surface area contributed by atoms with E-state index >= 15 is 0 Å². The quantitative estimate of drug-likeness (QED) is 0.810. The van der Waals surface area contributed by atoms with Gasteiger partial charge in [-0.05, 0) is 67.3 Å². The van der Waals surface area contributed by atoms with E-state index in [9.17, 15) is 0 Å². The lowest BCUT2D eigenvalue weighted by atomic mass is 10.1. The first-order chi connectivity index (χ1) is 7.81. The zero-order chi connectivity index (χ0) is 11.0. The van der Waals surface area contributed by atoms with E-state index in [1.54, 1.807) is 11.1 Å². The van der Waals surface area contributed by atoms with Gasteiger partial charge in [0.15, 0.2) is 0 Å². The molecule has 1 saturated carbocycles. The van der Waals surface area contributed by atoms with E-state index in [0.717, 1.165) is 13.1 Å². The molecule has 0 atom stereocenters. The lowest BCUT2D eigenvalue weighted by Gasteiger charge is -2.15. The van der Waals surface area contributed by atoms with Crippen LogP contribution in [-0.4, -0.2) is 13.1 Å². The van der Waals surface area contributed by atoms with Crippen molar-refractivity contribution in [3.05, 3.63) is 29.3 Å². The number of fused-ring (bicyclic) bond motifs is 1. The first-order valence-electron chi connectivity index (χ1n) is 6.37. The number of nitrogens with one attached hydrogen (secondary N) is 1. The van der Waals surface area contributed by atoms with Gasteiger partial charge in [-0.1, -0.05) is 6.07 Å². The Labute approximate surface area is 97.2 Å². The molecule has 0 spiro atoms. The Morgan fingerprint density at radius 2 is 2.00 bits per heavy atom. The van der Waals surface area contributed by atoms with E-state index in [1.807, 2.05) is 0 Å². The molecule has 0 aliphatic heterocycles. The molecule has 2 aliphatic carbocycles. The molecule has 2 aliphatic rings. The first kappa shape index (κ1) is 10.2. The zero-order valence-electron chi connectivity index (χ0n) is 9.76. The van der Waals surface area contributed by atoms with Crippen molar-refractivity contribution in [3.63, 3.8) is 0 Å². The molecule has 0 amide bonds. The van der Waals surface area contributed by atoms with Gasteiger partial charge in [-0.25, -0.2) is 0 Å². The summed E-state index contributed by atoms with van der Waals surface area (Å²) in [5.41, 5.74) is 10.6. The van der Waals surface area contributed by atoms with Gasteiger partial charge in [0.25, 0.3) is 0 Å². The average Bonchev–Trinajstić information content (AvgIpc) is 2.96. The molecule has 2 nitrogen and oxygen atoms in total. The molecular formula is C14H20N2. The van der Waals surface area contributed by atoms with Gasteiger partial charge in [0.1, 0.15) is 0 Å². The standard InChI is InChI=1S/C14H20N2/c15-9-14(6-7-14)10-16-13-5-4-11-2-1-3-12(11)8-13/h4-5,8,16H,1-3,6-7,9-10,15H2. The Morgan fingerprint density at radius 1 is 1.19 bits per heavy atom. The Morgan fingerprint density at radius 3 is 2.75 bits per heavy atom. The number of rotatable bonds is 4. The van der Waals surface area contributed by atoms with Crippen LogP contribution in [-0.2, 0) is 12.8 Å². The summed E-state index contributed by atoms with van der Waals surface area (Å²) in [4.78, 5) is 0. The predicted molar refractivity (Wildman–Crippen MR) is 67.7 cm³/mol. The minimum atomic E-state index is 0.416. The van der Waals surface area contributed by atoms with Crippen molar-refractivity contribution in [3.8, 4) is 0 Å². The topological polar surface area (TPSA) is 38.0 Å². The second-order valence-corrected chi connectivity index (χ2v) is 5.39. The van der Waals surface area contributed by atoms with Crippen LogP contribution in [0.1, 0.15) is 30.4 Å². The fourth-order valence-corrected chi connectivity index (χ4v) is 2.60. The molecule has 3 N–H and O–H groups in total. The van der Waals surface area contributed by atoms with Crippen LogP contribution >= 0.6 is 0 Å². The maximum atomic E-state index is 5.78. The number of benzene rings is 1. The first-order valence-corrected chi connectivity index (χ1v) is 6.37. The van der Waals surface area contributed by atoms with Gasteiger partial charge >= 0.3 is 0 Å². The average molecular weight is 216 g/mol. The number of hydrogen-bond acceptors (Lipinski definition) is 2. The van der Waals surface area contributed by atoms with Crippen LogP contribution in [0.25, 0.3) is 0 Å². The predicted octanol–water partition coefficient (Wildman–Crippen LogP) is 2.33. The SMILES string of the molecule is NCC1(CNc2ccc3c(c2)CCC3)CC1. The second kappa shape index (κ2) is 3.77. The van der Waals surface area contributed by atoms with Crippen molar-refractivity contribution in [2.75, 3.05) is 18.4 Å². The highest BCUT2D eigenvalue weighted by Crippen LogP contribution is 2.44. The van der Waals surface area contributed by atoms with Gasteiger partial charge < -0.3 is 11.1 Å². The highest BCUT2D eigenvalue weighted by atomic mass is 14.9. The maximum absolute atomic E-state index is 5.78. The van der Waals surface area contributed by atoms with E-state index < -0.39 is 0 Å². The van der Waals surface area contributed by atoms with Crippen LogP contribution in [0.15, 0.2) is 18.2 Å². The molecule has 0 aromatic heterocycles. The third-order valence-corrected chi connectivity index (χ3v) is 4.16. The maximum Gasteiger partial charge on any atom is 0.0343 e. The van der Waals surface area contributed by atoms with Crippen molar-refractivity contribution >= 4 is 5.69 Å². The molecule has 86 valence electrons. The van der Waals surface area contributed by atoms with Gasteiger partial charge in [0, 0.05) is 12.2 Å². The zero-order valence-corrected chi connectivity index (χ0v) is 9.76. The van der Waals surface area contributed by atoms with E-state index in [0.29, 0.717) is 5.41 Å².